The molecule has 0 radical (unpaired) electrons. The molecule has 0 N–H and O–H groups in total. The van der Waals surface area contributed by atoms with Gasteiger partial charge < -0.3 is 18.6 Å². The van der Waals surface area contributed by atoms with Gasteiger partial charge in [0.1, 0.15) is 22.3 Å². The Kier molecular flexibility index (Phi) is 9.30. The highest BCUT2D eigenvalue weighted by molar-refractivity contribution is 6.35. The van der Waals surface area contributed by atoms with Crippen molar-refractivity contribution in [2.45, 2.75) is 53.4 Å². The molecule has 0 spiro atoms. The van der Waals surface area contributed by atoms with E-state index in [-0.39, 0.29) is 0 Å². The third-order valence-corrected chi connectivity index (χ3v) is 12.9. The summed E-state index contributed by atoms with van der Waals surface area (Å²) in [4.78, 5) is 4.76. The van der Waals surface area contributed by atoms with Crippen LogP contribution in [0.25, 0.3) is 65.4 Å². The van der Waals surface area contributed by atoms with Crippen molar-refractivity contribution in [1.29, 1.82) is 0 Å². The molecule has 0 fully saturated rings. The number of aryl methyl sites for hydroxylation is 4. The van der Waals surface area contributed by atoms with E-state index in [1.807, 2.05) is 0 Å². The summed E-state index contributed by atoms with van der Waals surface area (Å²) < 4.78 is 13.9. The van der Waals surface area contributed by atoms with E-state index in [4.69, 9.17) is 8.83 Å². The molecule has 0 saturated heterocycles. The number of hydrogen-bond acceptors (Lipinski definition) is 4. The average molecular weight is 805 g/mol. The molecule has 11 rings (SSSR count). The Morgan fingerprint density at radius 3 is 0.887 bits per heavy atom. The lowest BCUT2D eigenvalue weighted by Gasteiger charge is -2.27. The number of benzene rings is 9. The lowest BCUT2D eigenvalue weighted by Crippen LogP contribution is -2.10. The Balaban J connectivity index is 1.18. The summed E-state index contributed by atoms with van der Waals surface area (Å²) in [6.45, 7) is 8.81. The first kappa shape index (κ1) is 37.7. The van der Waals surface area contributed by atoms with E-state index < -0.39 is 0 Å². The van der Waals surface area contributed by atoms with Gasteiger partial charge >= 0.3 is 0 Å². The Hall–Kier alpha value is -7.30. The predicted molar refractivity (Wildman–Crippen MR) is 263 cm³/mol. The van der Waals surface area contributed by atoms with Crippen molar-refractivity contribution in [1.82, 2.24) is 0 Å². The molecule has 11 aromatic rings. The number of anilines is 6. The molecule has 0 amide bonds. The van der Waals surface area contributed by atoms with E-state index in [1.54, 1.807) is 0 Å². The third kappa shape index (κ3) is 6.12. The van der Waals surface area contributed by atoms with Gasteiger partial charge in [-0.1, -0.05) is 125 Å². The molecule has 2 aromatic heterocycles. The minimum atomic E-state index is 0.838. The molecule has 0 atom stereocenters. The van der Waals surface area contributed by atoms with Gasteiger partial charge in [0.2, 0.25) is 0 Å². The van der Waals surface area contributed by atoms with Crippen LogP contribution in [0.4, 0.5) is 34.1 Å². The molecule has 0 aliphatic carbocycles. The predicted octanol–water partition coefficient (Wildman–Crippen LogP) is 17.0. The number of nitrogens with zero attached hydrogens (tertiary/aromatic N) is 2. The molecular weight excluding hydrogens is 757 g/mol. The summed E-state index contributed by atoms with van der Waals surface area (Å²) in [6, 6.07) is 62.1. The van der Waals surface area contributed by atoms with Gasteiger partial charge in [-0.2, -0.15) is 0 Å². The second kappa shape index (κ2) is 15.3. The summed E-state index contributed by atoms with van der Waals surface area (Å²) >= 11 is 0. The van der Waals surface area contributed by atoms with Crippen LogP contribution in [0.2, 0.25) is 0 Å². The SMILES string of the molecule is CCc1ccc(N(c2ccc(CC)cc2)c2cc3oc4ccc5oc6cc(N(c7ccc(CC)cc7)c7ccc(CC)cc7)c7ccccc7c6c5c4c3c3ccccc23)cc1. The zero-order chi connectivity index (χ0) is 41.9. The standard InChI is InChI=1S/C58H48N2O2/c1-5-37-17-25-41(26-18-37)59(42-27-19-38(6-2)20-28-42)49-35-53-55(47-15-11-9-13-45(47)49)57-51(61-53)33-34-52-58(57)56-48-16-12-10-14-46(48)50(36-54(56)62-52)60(43-29-21-39(7-3)22-30-43)44-31-23-40(8-4)24-32-44/h9-36H,5-8H2,1-4H3. The van der Waals surface area contributed by atoms with E-state index in [1.165, 1.54) is 22.3 Å². The van der Waals surface area contributed by atoms with Crippen molar-refractivity contribution >= 4 is 99.5 Å². The van der Waals surface area contributed by atoms with Crippen molar-refractivity contribution in [2.24, 2.45) is 0 Å². The van der Waals surface area contributed by atoms with Gasteiger partial charge in [-0.3, -0.25) is 0 Å². The minimum absolute atomic E-state index is 0.838. The maximum Gasteiger partial charge on any atom is 0.138 e. The van der Waals surface area contributed by atoms with Gasteiger partial charge in [-0.25, -0.2) is 0 Å². The fourth-order valence-corrected chi connectivity index (χ4v) is 9.55. The van der Waals surface area contributed by atoms with Gasteiger partial charge in [0.15, 0.2) is 0 Å². The van der Waals surface area contributed by atoms with Crippen LogP contribution in [-0.2, 0) is 25.7 Å². The van der Waals surface area contributed by atoms with E-state index in [2.05, 4.69) is 207 Å². The highest BCUT2D eigenvalue weighted by Crippen LogP contribution is 2.50. The molecule has 4 heteroatoms. The van der Waals surface area contributed by atoms with Crippen LogP contribution in [0.5, 0.6) is 0 Å². The summed E-state index contributed by atoms with van der Waals surface area (Å²) in [5.74, 6) is 0. The first-order valence-corrected chi connectivity index (χ1v) is 22.2. The number of furan rings is 2. The molecule has 4 nitrogen and oxygen atoms in total. The van der Waals surface area contributed by atoms with Crippen LogP contribution in [-0.4, -0.2) is 0 Å². The van der Waals surface area contributed by atoms with Gasteiger partial charge in [0.25, 0.3) is 0 Å². The van der Waals surface area contributed by atoms with Crippen LogP contribution in [0.15, 0.2) is 179 Å². The minimum Gasteiger partial charge on any atom is -0.456 e. The van der Waals surface area contributed by atoms with Gasteiger partial charge in [-0.15, -0.1) is 0 Å². The normalized spacial score (nSPS) is 11.8. The zero-order valence-electron chi connectivity index (χ0n) is 35.7. The molecule has 9 aromatic carbocycles. The molecule has 0 aliphatic heterocycles. The largest absolute Gasteiger partial charge is 0.456 e. The second-order valence-corrected chi connectivity index (χ2v) is 16.4. The molecule has 2 heterocycles. The van der Waals surface area contributed by atoms with Crippen molar-refractivity contribution < 1.29 is 8.83 Å². The summed E-state index contributed by atoms with van der Waals surface area (Å²) in [7, 11) is 0. The Morgan fingerprint density at radius 2 is 0.597 bits per heavy atom. The van der Waals surface area contributed by atoms with E-state index >= 15 is 0 Å². The van der Waals surface area contributed by atoms with Crippen molar-refractivity contribution in [3.63, 3.8) is 0 Å². The smallest absolute Gasteiger partial charge is 0.138 e. The zero-order valence-corrected chi connectivity index (χ0v) is 35.7. The summed E-state index contributed by atoms with van der Waals surface area (Å²) in [5, 5.41) is 8.91. The lowest BCUT2D eigenvalue weighted by molar-refractivity contribution is 0.663. The second-order valence-electron chi connectivity index (χ2n) is 16.4. The molecule has 0 aliphatic rings. The van der Waals surface area contributed by atoms with Crippen LogP contribution in [0, 0.1) is 0 Å². The van der Waals surface area contributed by atoms with Crippen molar-refractivity contribution in [3.8, 4) is 0 Å². The molecule has 302 valence electrons. The summed E-state index contributed by atoms with van der Waals surface area (Å²) in [5.41, 5.74) is 15.2. The van der Waals surface area contributed by atoms with Gasteiger partial charge in [0.05, 0.1) is 11.4 Å². The molecule has 0 unspecified atom stereocenters. The first-order chi connectivity index (χ1) is 30.5. The Bertz CT molecular complexity index is 3100. The highest BCUT2D eigenvalue weighted by Gasteiger charge is 2.25. The molecular formula is C58H48N2O2. The Labute approximate surface area is 362 Å². The topological polar surface area (TPSA) is 32.8 Å². The van der Waals surface area contributed by atoms with Crippen LogP contribution in [0.3, 0.4) is 0 Å². The van der Waals surface area contributed by atoms with Crippen molar-refractivity contribution in [2.75, 3.05) is 9.80 Å². The number of rotatable bonds is 10. The quantitative estimate of drug-likeness (QED) is 0.138. The van der Waals surface area contributed by atoms with E-state index in [0.29, 0.717) is 0 Å². The average Bonchev–Trinajstić information content (AvgIpc) is 3.91. The van der Waals surface area contributed by atoms with Crippen LogP contribution in [0.1, 0.15) is 49.9 Å². The van der Waals surface area contributed by atoms with Crippen LogP contribution < -0.4 is 9.80 Å². The first-order valence-electron chi connectivity index (χ1n) is 22.2. The van der Waals surface area contributed by atoms with E-state index in [0.717, 1.165) is 125 Å². The van der Waals surface area contributed by atoms with Gasteiger partial charge in [-0.05, 0) is 119 Å². The summed E-state index contributed by atoms with van der Waals surface area (Å²) in [6.07, 6.45) is 3.96. The van der Waals surface area contributed by atoms with E-state index in [9.17, 15) is 0 Å². The highest BCUT2D eigenvalue weighted by atomic mass is 16.3. The third-order valence-electron chi connectivity index (χ3n) is 12.9. The van der Waals surface area contributed by atoms with Crippen molar-refractivity contribution in [3.05, 3.63) is 192 Å². The molecule has 62 heavy (non-hydrogen) atoms. The molecule has 0 saturated carbocycles. The number of hydrogen-bond donors (Lipinski definition) is 0. The maximum atomic E-state index is 6.97. The fourth-order valence-electron chi connectivity index (χ4n) is 9.55. The Morgan fingerprint density at radius 1 is 0.306 bits per heavy atom. The lowest BCUT2D eigenvalue weighted by atomic mass is 9.96. The van der Waals surface area contributed by atoms with Gasteiger partial charge in [0, 0.05) is 67.2 Å². The molecule has 0 bridgehead atoms. The number of fused-ring (bicyclic) bond motifs is 11. The van der Waals surface area contributed by atoms with Crippen LogP contribution >= 0.6 is 0 Å². The maximum absolute atomic E-state index is 6.97. The fraction of sp³-hybridized carbons (Fsp3) is 0.138. The monoisotopic (exact) mass is 804 g/mol.